The monoisotopic (exact) mass is 282 g/mol. The van der Waals surface area contributed by atoms with E-state index in [2.05, 4.69) is 17.1 Å². The second kappa shape index (κ2) is 7.64. The number of rotatable bonds is 8. The quantitative estimate of drug-likeness (QED) is 0.714. The number of allylic oxidation sites excluding steroid dienone is 1. The first-order valence-corrected chi connectivity index (χ1v) is 7.66. The summed E-state index contributed by atoms with van der Waals surface area (Å²) in [7, 11) is 0. The van der Waals surface area contributed by atoms with E-state index in [1.165, 1.54) is 12.8 Å². The van der Waals surface area contributed by atoms with Gasteiger partial charge in [0.05, 0.1) is 6.07 Å². The molecule has 0 saturated carbocycles. The number of hydrogen-bond donors (Lipinski definition) is 1. The molecule has 2 rings (SSSR count). The molecule has 1 heterocycles. The molecule has 110 valence electrons. The molecule has 1 unspecified atom stereocenters. The molecule has 1 aromatic rings. The molecule has 0 saturated heterocycles. The molecule has 0 bridgehead atoms. The van der Waals surface area contributed by atoms with Crippen LogP contribution in [-0.2, 0) is 5.54 Å². The molecule has 0 aromatic heterocycles. The molecule has 3 heteroatoms. The van der Waals surface area contributed by atoms with Gasteiger partial charge in [-0.25, -0.2) is 0 Å². The number of phenolic OH excluding ortho intramolecular Hbond substituents is 1. The fraction of sp³-hybridized carbons (Fsp3) is 0.444. The normalized spacial score (nSPS) is 19.8. The highest BCUT2D eigenvalue weighted by atomic mass is 16.3. The van der Waals surface area contributed by atoms with Crippen molar-refractivity contribution in [1.82, 2.24) is 0 Å². The molecule has 0 radical (unpaired) electrons. The summed E-state index contributed by atoms with van der Waals surface area (Å²) in [5.74, 6) is 0.289. The van der Waals surface area contributed by atoms with Crippen LogP contribution in [0.25, 0.3) is 0 Å². The molecule has 1 aliphatic rings. The molecule has 0 fully saturated rings. The lowest BCUT2D eigenvalue weighted by molar-refractivity contribution is 0.466. The van der Waals surface area contributed by atoms with Gasteiger partial charge in [-0.3, -0.25) is 4.99 Å². The van der Waals surface area contributed by atoms with Crippen LogP contribution in [-0.4, -0.2) is 11.3 Å². The summed E-state index contributed by atoms with van der Waals surface area (Å²) in [6.45, 7) is 0. The SMILES string of the molecule is N#CCCCCCCCC1(c2ccc(O)cc2)C=CC=N1. The van der Waals surface area contributed by atoms with E-state index in [-0.39, 0.29) is 11.3 Å². The van der Waals surface area contributed by atoms with Crippen LogP contribution >= 0.6 is 0 Å². The van der Waals surface area contributed by atoms with Gasteiger partial charge in [0.2, 0.25) is 0 Å². The Kier molecular flexibility index (Phi) is 5.57. The number of nitriles is 1. The molecule has 21 heavy (non-hydrogen) atoms. The fourth-order valence-corrected chi connectivity index (χ4v) is 2.76. The van der Waals surface area contributed by atoms with Gasteiger partial charge < -0.3 is 5.11 Å². The predicted molar refractivity (Wildman–Crippen MR) is 85.3 cm³/mol. The first kappa shape index (κ1) is 15.3. The second-order valence-electron chi connectivity index (χ2n) is 5.53. The Hall–Kier alpha value is -2.08. The average Bonchev–Trinajstić information content (AvgIpc) is 2.97. The summed E-state index contributed by atoms with van der Waals surface area (Å²) in [6, 6.07) is 9.54. The van der Waals surface area contributed by atoms with Gasteiger partial charge in [-0.05, 0) is 36.6 Å². The molecule has 1 aromatic carbocycles. The van der Waals surface area contributed by atoms with Crippen molar-refractivity contribution < 1.29 is 5.11 Å². The third-order valence-electron chi connectivity index (χ3n) is 3.98. The van der Waals surface area contributed by atoms with E-state index in [1.807, 2.05) is 24.4 Å². The summed E-state index contributed by atoms with van der Waals surface area (Å²) in [4.78, 5) is 4.65. The molecular formula is C18H22N2O. The predicted octanol–water partition coefficient (Wildman–Crippen LogP) is 4.48. The van der Waals surface area contributed by atoms with Crippen molar-refractivity contribution in [2.75, 3.05) is 0 Å². The van der Waals surface area contributed by atoms with Crippen LogP contribution in [0.1, 0.15) is 50.5 Å². The largest absolute Gasteiger partial charge is 0.508 e. The molecule has 0 amide bonds. The molecule has 0 spiro atoms. The Bertz CT molecular complexity index is 525. The van der Waals surface area contributed by atoms with Crippen LogP contribution in [0.15, 0.2) is 41.4 Å². The maximum Gasteiger partial charge on any atom is 0.115 e. The van der Waals surface area contributed by atoms with E-state index < -0.39 is 0 Å². The molecule has 3 nitrogen and oxygen atoms in total. The maximum absolute atomic E-state index is 9.42. The zero-order valence-electron chi connectivity index (χ0n) is 12.3. The molecule has 1 atom stereocenters. The van der Waals surface area contributed by atoms with Gasteiger partial charge in [-0.15, -0.1) is 0 Å². The summed E-state index contributed by atoms with van der Waals surface area (Å²) >= 11 is 0. The summed E-state index contributed by atoms with van der Waals surface area (Å²) in [5, 5.41) is 17.9. The van der Waals surface area contributed by atoms with Crippen LogP contribution in [0.4, 0.5) is 0 Å². The van der Waals surface area contributed by atoms with Gasteiger partial charge in [0.1, 0.15) is 11.3 Å². The van der Waals surface area contributed by atoms with Gasteiger partial charge in [0.25, 0.3) is 0 Å². The standard InChI is InChI=1S/C18H22N2O/c19-14-6-4-2-1-3-5-12-18(13-7-15-20-18)16-8-10-17(21)11-9-16/h7-11,13,15,21H,1-6,12H2. The Labute approximate surface area is 126 Å². The van der Waals surface area contributed by atoms with E-state index in [0.717, 1.165) is 31.2 Å². The highest BCUT2D eigenvalue weighted by molar-refractivity contribution is 5.75. The molecule has 1 N–H and O–H groups in total. The van der Waals surface area contributed by atoms with Gasteiger partial charge in [-0.2, -0.15) is 5.26 Å². The lowest BCUT2D eigenvalue weighted by atomic mass is 9.85. The van der Waals surface area contributed by atoms with Crippen molar-refractivity contribution >= 4 is 6.21 Å². The summed E-state index contributed by atoms with van der Waals surface area (Å²) < 4.78 is 0. The van der Waals surface area contributed by atoms with Crippen molar-refractivity contribution in [3.05, 3.63) is 42.0 Å². The lowest BCUT2D eigenvalue weighted by Gasteiger charge is -2.25. The van der Waals surface area contributed by atoms with E-state index in [4.69, 9.17) is 5.26 Å². The zero-order valence-corrected chi connectivity index (χ0v) is 12.3. The van der Waals surface area contributed by atoms with E-state index in [0.29, 0.717) is 6.42 Å². The molecule has 1 aliphatic heterocycles. The van der Waals surface area contributed by atoms with Crippen molar-refractivity contribution in [1.29, 1.82) is 5.26 Å². The van der Waals surface area contributed by atoms with Gasteiger partial charge in [-0.1, -0.05) is 43.9 Å². The van der Waals surface area contributed by atoms with Gasteiger partial charge >= 0.3 is 0 Å². The van der Waals surface area contributed by atoms with Crippen LogP contribution in [0.3, 0.4) is 0 Å². The van der Waals surface area contributed by atoms with Crippen molar-refractivity contribution in [3.63, 3.8) is 0 Å². The number of benzene rings is 1. The van der Waals surface area contributed by atoms with Gasteiger partial charge in [0, 0.05) is 12.6 Å². The van der Waals surface area contributed by atoms with Crippen molar-refractivity contribution in [2.45, 2.75) is 50.5 Å². The minimum Gasteiger partial charge on any atom is -0.508 e. The van der Waals surface area contributed by atoms with Crippen LogP contribution in [0, 0.1) is 11.3 Å². The third kappa shape index (κ3) is 4.19. The Morgan fingerprint density at radius 3 is 2.43 bits per heavy atom. The summed E-state index contributed by atoms with van der Waals surface area (Å²) in [6.07, 6.45) is 13.3. The number of aromatic hydroxyl groups is 1. The molecular weight excluding hydrogens is 260 g/mol. The lowest BCUT2D eigenvalue weighted by Crippen LogP contribution is -2.18. The third-order valence-corrected chi connectivity index (χ3v) is 3.98. The number of aliphatic imine (C=N–C) groups is 1. The van der Waals surface area contributed by atoms with E-state index >= 15 is 0 Å². The first-order valence-electron chi connectivity index (χ1n) is 7.66. The Morgan fingerprint density at radius 1 is 1.05 bits per heavy atom. The van der Waals surface area contributed by atoms with Crippen molar-refractivity contribution in [3.8, 4) is 11.8 Å². The average molecular weight is 282 g/mol. The Morgan fingerprint density at radius 2 is 1.76 bits per heavy atom. The van der Waals surface area contributed by atoms with Crippen LogP contribution in [0.5, 0.6) is 5.75 Å². The highest BCUT2D eigenvalue weighted by Crippen LogP contribution is 2.36. The van der Waals surface area contributed by atoms with E-state index in [9.17, 15) is 5.11 Å². The number of phenols is 1. The zero-order chi connectivity index (χ0) is 15.0. The topological polar surface area (TPSA) is 56.4 Å². The maximum atomic E-state index is 9.42. The first-order chi connectivity index (χ1) is 10.3. The number of nitrogens with zero attached hydrogens (tertiary/aromatic N) is 2. The minimum absolute atomic E-state index is 0.250. The van der Waals surface area contributed by atoms with Crippen LogP contribution < -0.4 is 0 Å². The smallest absolute Gasteiger partial charge is 0.115 e. The second-order valence-corrected chi connectivity index (χ2v) is 5.53. The molecule has 0 aliphatic carbocycles. The fourth-order valence-electron chi connectivity index (χ4n) is 2.76. The number of hydrogen-bond acceptors (Lipinski definition) is 3. The van der Waals surface area contributed by atoms with Gasteiger partial charge in [0.15, 0.2) is 0 Å². The number of unbranched alkanes of at least 4 members (excludes halogenated alkanes) is 5. The highest BCUT2D eigenvalue weighted by Gasteiger charge is 2.29. The Balaban J connectivity index is 1.86. The summed E-state index contributed by atoms with van der Waals surface area (Å²) in [5.41, 5.74) is 0.884. The van der Waals surface area contributed by atoms with Crippen molar-refractivity contribution in [2.24, 2.45) is 4.99 Å². The van der Waals surface area contributed by atoms with Crippen LogP contribution in [0.2, 0.25) is 0 Å². The van der Waals surface area contributed by atoms with E-state index in [1.54, 1.807) is 12.1 Å². The minimum atomic E-state index is -0.250.